The minimum atomic E-state index is -4.37. The predicted molar refractivity (Wildman–Crippen MR) is 105 cm³/mol. The fourth-order valence-electron chi connectivity index (χ4n) is 3.51. The molecule has 0 aliphatic carbocycles. The average Bonchev–Trinajstić information content (AvgIpc) is 3.24. The normalized spacial score (nSPS) is 17.2. The fraction of sp³-hybridized carbons (Fsp3) is 0.476. The molecule has 0 radical (unpaired) electrons. The molecule has 1 saturated heterocycles. The van der Waals surface area contributed by atoms with Crippen LogP contribution in [0.4, 0.5) is 13.2 Å². The molecule has 1 fully saturated rings. The van der Waals surface area contributed by atoms with Crippen molar-refractivity contribution >= 4 is 5.96 Å². The molecule has 0 unspecified atom stereocenters. The van der Waals surface area contributed by atoms with E-state index in [4.69, 9.17) is 9.15 Å². The highest BCUT2D eigenvalue weighted by atomic mass is 19.4. The van der Waals surface area contributed by atoms with Gasteiger partial charge in [0.15, 0.2) is 5.96 Å². The van der Waals surface area contributed by atoms with Crippen molar-refractivity contribution in [3.8, 4) is 0 Å². The minimum Gasteiger partial charge on any atom is -0.467 e. The number of furan rings is 1. The summed E-state index contributed by atoms with van der Waals surface area (Å²) in [6.07, 6.45) is -1.50. The van der Waals surface area contributed by atoms with Crippen LogP contribution in [0, 0.1) is 0 Å². The molecule has 0 saturated carbocycles. The number of hydrogen-bond donors (Lipinski definition) is 2. The van der Waals surface area contributed by atoms with E-state index in [1.165, 1.54) is 12.1 Å². The smallest absolute Gasteiger partial charge is 0.416 e. The van der Waals surface area contributed by atoms with Crippen LogP contribution in [0.1, 0.15) is 36.7 Å². The number of hydrogen-bond acceptors (Lipinski definition) is 3. The second-order valence-electron chi connectivity index (χ2n) is 7.10. The number of aliphatic imine (C=N–C) groups is 1. The molecule has 1 aliphatic heterocycles. The van der Waals surface area contributed by atoms with Crippen molar-refractivity contribution < 1.29 is 22.3 Å². The molecule has 2 aromatic rings. The van der Waals surface area contributed by atoms with Gasteiger partial charge < -0.3 is 19.8 Å². The number of halogens is 3. The van der Waals surface area contributed by atoms with Crippen LogP contribution in [0.2, 0.25) is 0 Å². The van der Waals surface area contributed by atoms with E-state index < -0.39 is 17.2 Å². The van der Waals surface area contributed by atoms with Crippen LogP contribution in [-0.2, 0) is 22.9 Å². The van der Waals surface area contributed by atoms with Crippen LogP contribution in [0.5, 0.6) is 0 Å². The van der Waals surface area contributed by atoms with Crippen LogP contribution >= 0.6 is 0 Å². The number of nitrogens with zero attached hydrogens (tertiary/aromatic N) is 1. The summed E-state index contributed by atoms with van der Waals surface area (Å²) in [5, 5.41) is 6.49. The predicted octanol–water partition coefficient (Wildman–Crippen LogP) is 4.10. The lowest BCUT2D eigenvalue weighted by Crippen LogP contribution is -2.48. The van der Waals surface area contributed by atoms with Gasteiger partial charge in [0.05, 0.1) is 11.8 Å². The molecule has 0 bridgehead atoms. The molecular weight excluding hydrogens is 383 g/mol. The zero-order valence-electron chi connectivity index (χ0n) is 16.4. The second-order valence-corrected chi connectivity index (χ2v) is 7.10. The molecule has 1 aromatic heterocycles. The van der Waals surface area contributed by atoms with Gasteiger partial charge in [-0.2, -0.15) is 13.2 Å². The number of ether oxygens (including phenoxy) is 1. The summed E-state index contributed by atoms with van der Waals surface area (Å²) in [4.78, 5) is 4.51. The van der Waals surface area contributed by atoms with Gasteiger partial charge in [0, 0.05) is 31.7 Å². The average molecular weight is 409 g/mol. The molecule has 8 heteroatoms. The van der Waals surface area contributed by atoms with Crippen LogP contribution in [-0.4, -0.2) is 32.3 Å². The van der Waals surface area contributed by atoms with Gasteiger partial charge in [-0.25, -0.2) is 4.99 Å². The highest BCUT2D eigenvalue weighted by Gasteiger charge is 2.37. The number of rotatable bonds is 6. The van der Waals surface area contributed by atoms with E-state index in [0.29, 0.717) is 57.2 Å². The lowest BCUT2D eigenvalue weighted by molar-refractivity contribution is -0.137. The van der Waals surface area contributed by atoms with E-state index in [-0.39, 0.29) is 0 Å². The first kappa shape index (κ1) is 21.2. The Balaban J connectivity index is 1.80. The van der Waals surface area contributed by atoms with Gasteiger partial charge in [-0.3, -0.25) is 0 Å². The quantitative estimate of drug-likeness (QED) is 0.557. The molecule has 1 aromatic carbocycles. The van der Waals surface area contributed by atoms with Crippen molar-refractivity contribution in [2.75, 3.05) is 26.3 Å². The van der Waals surface area contributed by atoms with Gasteiger partial charge in [0.1, 0.15) is 12.3 Å². The molecular formula is C21H26F3N3O2. The fourth-order valence-corrected chi connectivity index (χ4v) is 3.51. The maximum absolute atomic E-state index is 13.2. The third-order valence-electron chi connectivity index (χ3n) is 5.16. The van der Waals surface area contributed by atoms with Crippen molar-refractivity contribution in [3.05, 3.63) is 59.5 Å². The summed E-state index contributed by atoms with van der Waals surface area (Å²) in [7, 11) is 0. The minimum absolute atomic E-state index is 0.377. The van der Waals surface area contributed by atoms with Crippen LogP contribution in [0.25, 0.3) is 0 Å². The lowest BCUT2D eigenvalue weighted by Gasteiger charge is -2.38. The number of alkyl halides is 3. The van der Waals surface area contributed by atoms with Gasteiger partial charge in [0.25, 0.3) is 0 Å². The largest absolute Gasteiger partial charge is 0.467 e. The summed E-state index contributed by atoms with van der Waals surface area (Å²) in [6, 6.07) is 9.27. The Kier molecular flexibility index (Phi) is 6.84. The Bertz CT molecular complexity index is 798. The van der Waals surface area contributed by atoms with Gasteiger partial charge in [-0.05, 0) is 43.5 Å². The SMILES string of the molecule is CCNC(=NCc1ccco1)NCC1(c2cccc(C(F)(F)F)c2)CCOCC1. The molecule has 3 rings (SSSR count). The Morgan fingerprint density at radius 2 is 1.93 bits per heavy atom. The standard InChI is InChI=1S/C21H26F3N3O2/c1-2-25-19(26-14-18-7-4-10-29-18)27-15-20(8-11-28-12-9-20)16-5-3-6-17(13-16)21(22,23)24/h3-7,10,13H,2,8-9,11-12,14-15H2,1H3,(H2,25,26,27). The molecule has 0 spiro atoms. The van der Waals surface area contributed by atoms with E-state index in [1.54, 1.807) is 18.4 Å². The summed E-state index contributed by atoms with van der Waals surface area (Å²) >= 11 is 0. The van der Waals surface area contributed by atoms with Crippen LogP contribution in [0.3, 0.4) is 0 Å². The summed E-state index contributed by atoms with van der Waals surface area (Å²) in [5.74, 6) is 1.34. The first-order valence-corrected chi connectivity index (χ1v) is 9.73. The highest BCUT2D eigenvalue weighted by Crippen LogP contribution is 2.37. The molecule has 0 amide bonds. The highest BCUT2D eigenvalue weighted by molar-refractivity contribution is 5.79. The summed E-state index contributed by atoms with van der Waals surface area (Å²) in [6.45, 7) is 4.49. The molecule has 5 nitrogen and oxygen atoms in total. The second kappa shape index (κ2) is 9.35. The van der Waals surface area contributed by atoms with Gasteiger partial charge in [0.2, 0.25) is 0 Å². The summed E-state index contributed by atoms with van der Waals surface area (Å²) < 4.78 is 50.5. The molecule has 2 N–H and O–H groups in total. The van der Waals surface area contributed by atoms with E-state index in [0.717, 1.165) is 11.8 Å². The summed E-state index contributed by atoms with van der Waals surface area (Å²) in [5.41, 5.74) is -0.412. The third-order valence-corrected chi connectivity index (χ3v) is 5.16. The van der Waals surface area contributed by atoms with Gasteiger partial charge >= 0.3 is 6.18 Å². The van der Waals surface area contributed by atoms with Crippen molar-refractivity contribution in [1.29, 1.82) is 0 Å². The van der Waals surface area contributed by atoms with Crippen molar-refractivity contribution in [2.24, 2.45) is 4.99 Å². The van der Waals surface area contributed by atoms with E-state index in [9.17, 15) is 13.2 Å². The number of nitrogens with one attached hydrogen (secondary N) is 2. The number of benzene rings is 1. The maximum atomic E-state index is 13.2. The topological polar surface area (TPSA) is 58.8 Å². The van der Waals surface area contributed by atoms with Gasteiger partial charge in [-0.1, -0.05) is 18.2 Å². The third kappa shape index (κ3) is 5.53. The zero-order chi connectivity index (χ0) is 20.7. The van der Waals surface area contributed by atoms with Crippen molar-refractivity contribution in [2.45, 2.75) is 37.9 Å². The van der Waals surface area contributed by atoms with Crippen LogP contribution in [0.15, 0.2) is 52.1 Å². The molecule has 0 atom stereocenters. The zero-order valence-corrected chi connectivity index (χ0v) is 16.4. The van der Waals surface area contributed by atoms with Gasteiger partial charge in [-0.15, -0.1) is 0 Å². The van der Waals surface area contributed by atoms with Crippen molar-refractivity contribution in [1.82, 2.24) is 10.6 Å². The van der Waals surface area contributed by atoms with Crippen molar-refractivity contribution in [3.63, 3.8) is 0 Å². The maximum Gasteiger partial charge on any atom is 0.416 e. The molecule has 158 valence electrons. The monoisotopic (exact) mass is 409 g/mol. The van der Waals surface area contributed by atoms with E-state index in [2.05, 4.69) is 15.6 Å². The molecule has 29 heavy (non-hydrogen) atoms. The number of guanidine groups is 1. The van der Waals surface area contributed by atoms with E-state index in [1.807, 2.05) is 13.0 Å². The molecule has 2 heterocycles. The van der Waals surface area contributed by atoms with E-state index >= 15 is 0 Å². The Morgan fingerprint density at radius 1 is 1.14 bits per heavy atom. The Hall–Kier alpha value is -2.48. The molecule has 1 aliphatic rings. The lowest BCUT2D eigenvalue weighted by atomic mass is 9.73. The Morgan fingerprint density at radius 3 is 2.59 bits per heavy atom. The Labute approximate surface area is 168 Å². The van der Waals surface area contributed by atoms with Crippen LogP contribution < -0.4 is 10.6 Å². The first-order chi connectivity index (χ1) is 13.9. The first-order valence-electron chi connectivity index (χ1n) is 9.73.